The number of aromatic amines is 1. The molecule has 0 amide bonds. The van der Waals surface area contributed by atoms with Gasteiger partial charge < -0.3 is 5.32 Å². The molecule has 16 heavy (non-hydrogen) atoms. The number of nitrogens with one attached hydrogen (secondary N) is 2. The van der Waals surface area contributed by atoms with Gasteiger partial charge in [0, 0.05) is 10.2 Å². The molecule has 2 rings (SSSR count). The number of nitriles is 1. The van der Waals surface area contributed by atoms with Gasteiger partial charge in [0.15, 0.2) is 0 Å². The predicted octanol–water partition coefficient (Wildman–Crippen LogP) is 2.05. The average molecular weight is 278 g/mol. The second kappa shape index (κ2) is 4.77. The van der Waals surface area contributed by atoms with E-state index in [1.807, 2.05) is 12.1 Å². The van der Waals surface area contributed by atoms with Gasteiger partial charge in [0.1, 0.15) is 18.2 Å². The number of H-pyrrole nitrogens is 1. The smallest absolute Gasteiger partial charge is 0.143 e. The van der Waals surface area contributed by atoms with Gasteiger partial charge in [-0.3, -0.25) is 5.10 Å². The number of hydrogen-bond donors (Lipinski definition) is 2. The maximum atomic E-state index is 8.77. The Morgan fingerprint density at radius 3 is 3.00 bits per heavy atom. The molecular weight excluding hydrogens is 270 g/mol. The van der Waals surface area contributed by atoms with Crippen LogP contribution in [0.1, 0.15) is 11.4 Å². The van der Waals surface area contributed by atoms with E-state index < -0.39 is 0 Å². The van der Waals surface area contributed by atoms with Gasteiger partial charge in [0.2, 0.25) is 0 Å². The van der Waals surface area contributed by atoms with Gasteiger partial charge in [0.25, 0.3) is 0 Å². The highest BCUT2D eigenvalue weighted by atomic mass is 79.9. The zero-order chi connectivity index (χ0) is 11.4. The lowest BCUT2D eigenvalue weighted by molar-refractivity contribution is 0.954. The Bertz CT molecular complexity index is 515. The van der Waals surface area contributed by atoms with Crippen molar-refractivity contribution in [1.29, 1.82) is 5.26 Å². The Kier molecular flexibility index (Phi) is 3.17. The van der Waals surface area contributed by atoms with Crippen molar-refractivity contribution in [3.05, 3.63) is 40.4 Å². The normalized spacial score (nSPS) is 9.75. The number of nitrogens with zero attached hydrogens (tertiary/aromatic N) is 3. The summed E-state index contributed by atoms with van der Waals surface area (Å²) in [5.74, 6) is 0.764. The predicted molar refractivity (Wildman–Crippen MR) is 62.6 cm³/mol. The summed E-state index contributed by atoms with van der Waals surface area (Å²) in [6.07, 6.45) is 1.46. The first-order valence-corrected chi connectivity index (χ1v) is 5.36. The van der Waals surface area contributed by atoms with Gasteiger partial charge >= 0.3 is 0 Å². The zero-order valence-electron chi connectivity index (χ0n) is 8.24. The van der Waals surface area contributed by atoms with Crippen LogP contribution >= 0.6 is 15.9 Å². The summed E-state index contributed by atoms with van der Waals surface area (Å²) in [6.45, 7) is 0.568. The minimum absolute atomic E-state index is 0.568. The quantitative estimate of drug-likeness (QED) is 0.900. The molecule has 0 aliphatic heterocycles. The van der Waals surface area contributed by atoms with Crippen LogP contribution in [0.15, 0.2) is 29.0 Å². The minimum atomic E-state index is 0.568. The van der Waals surface area contributed by atoms with E-state index >= 15 is 0 Å². The summed E-state index contributed by atoms with van der Waals surface area (Å²) in [5, 5.41) is 18.4. The second-order valence-corrected chi connectivity index (χ2v) is 3.95. The molecule has 2 aromatic rings. The molecule has 1 aromatic carbocycles. The molecule has 0 saturated carbocycles. The molecule has 0 saturated heterocycles. The Morgan fingerprint density at radius 2 is 2.38 bits per heavy atom. The Morgan fingerprint density at radius 1 is 1.50 bits per heavy atom. The molecule has 0 unspecified atom stereocenters. The zero-order valence-corrected chi connectivity index (χ0v) is 9.82. The number of rotatable bonds is 3. The van der Waals surface area contributed by atoms with E-state index in [1.165, 1.54) is 6.33 Å². The lowest BCUT2D eigenvalue weighted by Gasteiger charge is -2.05. The highest BCUT2D eigenvalue weighted by molar-refractivity contribution is 9.10. The van der Waals surface area contributed by atoms with Crippen LogP contribution in [-0.2, 0) is 6.54 Å². The molecule has 0 atom stereocenters. The molecule has 0 aliphatic rings. The number of anilines is 1. The molecule has 0 radical (unpaired) electrons. The van der Waals surface area contributed by atoms with Crippen molar-refractivity contribution in [3.63, 3.8) is 0 Å². The molecule has 0 spiro atoms. The van der Waals surface area contributed by atoms with Crippen molar-refractivity contribution in [2.75, 3.05) is 5.32 Å². The summed E-state index contributed by atoms with van der Waals surface area (Å²) < 4.78 is 0.776. The molecular formula is C10H8BrN5. The van der Waals surface area contributed by atoms with E-state index in [2.05, 4.69) is 42.5 Å². The van der Waals surface area contributed by atoms with Crippen LogP contribution in [0, 0.1) is 11.3 Å². The number of halogens is 1. The molecule has 0 bridgehead atoms. The molecule has 6 heteroatoms. The van der Waals surface area contributed by atoms with E-state index in [1.54, 1.807) is 6.07 Å². The standard InChI is InChI=1S/C10H8BrN5/c11-9-3-8(2-1-7(9)4-12)13-5-10-14-6-15-16-10/h1-3,6,13H,5H2,(H,14,15,16). The van der Waals surface area contributed by atoms with Crippen LogP contribution in [0.3, 0.4) is 0 Å². The van der Waals surface area contributed by atoms with Crippen LogP contribution < -0.4 is 5.32 Å². The molecule has 2 N–H and O–H groups in total. The van der Waals surface area contributed by atoms with Gasteiger partial charge in [-0.15, -0.1) is 0 Å². The fourth-order valence-corrected chi connectivity index (χ4v) is 1.68. The van der Waals surface area contributed by atoms with E-state index in [0.717, 1.165) is 16.0 Å². The third-order valence-corrected chi connectivity index (χ3v) is 2.67. The third-order valence-electron chi connectivity index (χ3n) is 2.01. The van der Waals surface area contributed by atoms with Crippen molar-refractivity contribution in [1.82, 2.24) is 15.2 Å². The van der Waals surface area contributed by atoms with Crippen molar-refractivity contribution >= 4 is 21.6 Å². The summed E-state index contributed by atoms with van der Waals surface area (Å²) in [7, 11) is 0. The molecule has 0 aliphatic carbocycles. The number of hydrogen-bond acceptors (Lipinski definition) is 4. The lowest BCUT2D eigenvalue weighted by Crippen LogP contribution is -2.01. The van der Waals surface area contributed by atoms with E-state index in [9.17, 15) is 0 Å². The Balaban J connectivity index is 2.06. The monoisotopic (exact) mass is 277 g/mol. The summed E-state index contributed by atoms with van der Waals surface area (Å²) in [5.41, 5.74) is 1.53. The molecule has 0 fully saturated rings. The van der Waals surface area contributed by atoms with Gasteiger partial charge in [-0.1, -0.05) is 0 Å². The maximum Gasteiger partial charge on any atom is 0.143 e. The van der Waals surface area contributed by atoms with Crippen molar-refractivity contribution < 1.29 is 0 Å². The van der Waals surface area contributed by atoms with Gasteiger partial charge in [-0.25, -0.2) is 4.98 Å². The minimum Gasteiger partial charge on any atom is -0.378 e. The largest absolute Gasteiger partial charge is 0.378 e. The first-order chi connectivity index (χ1) is 7.79. The van der Waals surface area contributed by atoms with Crippen LogP contribution in [0.5, 0.6) is 0 Å². The lowest BCUT2D eigenvalue weighted by atomic mass is 10.2. The first-order valence-electron chi connectivity index (χ1n) is 4.57. The SMILES string of the molecule is N#Cc1ccc(NCc2ncn[nH]2)cc1Br. The highest BCUT2D eigenvalue weighted by Gasteiger charge is 2.01. The summed E-state index contributed by atoms with van der Waals surface area (Å²) in [4.78, 5) is 3.99. The van der Waals surface area contributed by atoms with E-state index in [0.29, 0.717) is 12.1 Å². The third kappa shape index (κ3) is 2.38. The van der Waals surface area contributed by atoms with E-state index in [-0.39, 0.29) is 0 Å². The van der Waals surface area contributed by atoms with Gasteiger partial charge in [0.05, 0.1) is 12.1 Å². The fourth-order valence-electron chi connectivity index (χ4n) is 1.22. The van der Waals surface area contributed by atoms with Crippen molar-refractivity contribution in [2.24, 2.45) is 0 Å². The first kappa shape index (κ1) is 10.6. The van der Waals surface area contributed by atoms with Crippen LogP contribution in [0.25, 0.3) is 0 Å². The fraction of sp³-hybridized carbons (Fsp3) is 0.100. The molecule has 5 nitrogen and oxygen atoms in total. The van der Waals surface area contributed by atoms with Crippen LogP contribution in [0.4, 0.5) is 5.69 Å². The van der Waals surface area contributed by atoms with Crippen molar-refractivity contribution in [3.8, 4) is 6.07 Å². The highest BCUT2D eigenvalue weighted by Crippen LogP contribution is 2.20. The molecule has 1 heterocycles. The van der Waals surface area contributed by atoms with Crippen LogP contribution in [-0.4, -0.2) is 15.2 Å². The Hall–Kier alpha value is -1.87. The average Bonchev–Trinajstić information content (AvgIpc) is 2.79. The van der Waals surface area contributed by atoms with Crippen molar-refractivity contribution in [2.45, 2.75) is 6.54 Å². The number of aromatic nitrogens is 3. The van der Waals surface area contributed by atoms with Gasteiger partial charge in [-0.2, -0.15) is 10.4 Å². The molecule has 80 valence electrons. The van der Waals surface area contributed by atoms with E-state index in [4.69, 9.17) is 5.26 Å². The van der Waals surface area contributed by atoms with Crippen LogP contribution in [0.2, 0.25) is 0 Å². The van der Waals surface area contributed by atoms with Gasteiger partial charge in [-0.05, 0) is 34.1 Å². The summed E-state index contributed by atoms with van der Waals surface area (Å²) >= 11 is 3.33. The Labute approximate surface area is 101 Å². The maximum absolute atomic E-state index is 8.77. The number of benzene rings is 1. The topological polar surface area (TPSA) is 77.4 Å². The summed E-state index contributed by atoms with van der Waals surface area (Å²) in [6, 6.07) is 7.55. The molecule has 1 aromatic heterocycles. The second-order valence-electron chi connectivity index (χ2n) is 3.09.